The number of hydrogen-bond donors (Lipinski definition) is 2. The quantitative estimate of drug-likeness (QED) is 0.0430. The molecule has 0 aliphatic heterocycles. The fourth-order valence-corrected chi connectivity index (χ4v) is 6.06. The molecule has 0 bridgehead atoms. The summed E-state index contributed by atoms with van der Waals surface area (Å²) in [5.41, 5.74) is 0. The molecule has 0 atom stereocenters. The standard InChI is InChI=1S/C36H67NO6/c1-2-3-4-5-6-7-8-9-10-11-12-13-14-15-16-17-18-19-23-30-37(31-24-20-27-34(38)39,32-25-21-28-35(40)41)33-26-22-29-36(42)43/h10-11H,2-9,12-33H2,1H3,(H2-,38,39,40,41,42,43)/b11-10+. The number of rotatable bonds is 34. The van der Waals surface area contributed by atoms with Crippen LogP contribution in [-0.2, 0) is 14.4 Å². The highest BCUT2D eigenvalue weighted by atomic mass is 16.4. The van der Waals surface area contributed by atoms with Crippen molar-refractivity contribution in [3.63, 3.8) is 0 Å². The minimum absolute atomic E-state index is 0.0631. The molecule has 7 nitrogen and oxygen atoms in total. The first-order valence-electron chi connectivity index (χ1n) is 17.9. The monoisotopic (exact) mass is 609 g/mol. The molecule has 0 aliphatic rings. The summed E-state index contributed by atoms with van der Waals surface area (Å²) in [4.78, 5) is 32.9. The van der Waals surface area contributed by atoms with Crippen molar-refractivity contribution in [2.75, 3.05) is 26.2 Å². The van der Waals surface area contributed by atoms with Gasteiger partial charge in [-0.2, -0.15) is 0 Å². The van der Waals surface area contributed by atoms with E-state index in [9.17, 15) is 19.5 Å². The Hall–Kier alpha value is -1.89. The Morgan fingerprint density at radius 3 is 1.19 bits per heavy atom. The molecular formula is C36H67NO6. The summed E-state index contributed by atoms with van der Waals surface area (Å²) in [6.45, 7) is 5.87. The molecule has 0 fully saturated rings. The number of carbonyl (C=O) groups excluding carboxylic acids is 1. The number of carboxylic acids is 3. The Bertz CT molecular complexity index is 653. The molecule has 0 aromatic carbocycles. The zero-order valence-corrected chi connectivity index (χ0v) is 27.8. The van der Waals surface area contributed by atoms with E-state index >= 15 is 0 Å². The Kier molecular flexibility index (Phi) is 28.8. The summed E-state index contributed by atoms with van der Waals surface area (Å²) < 4.78 is 0.846. The van der Waals surface area contributed by atoms with E-state index in [0.29, 0.717) is 19.3 Å². The number of aliphatic carboxylic acids is 3. The summed E-state index contributed by atoms with van der Waals surface area (Å²) >= 11 is 0. The van der Waals surface area contributed by atoms with E-state index in [4.69, 9.17) is 10.2 Å². The summed E-state index contributed by atoms with van der Waals surface area (Å²) in [5, 5.41) is 29.0. The van der Waals surface area contributed by atoms with Gasteiger partial charge in [0.25, 0.3) is 0 Å². The summed E-state index contributed by atoms with van der Waals surface area (Å²) in [7, 11) is 0. The largest absolute Gasteiger partial charge is 0.550 e. The van der Waals surface area contributed by atoms with Crippen molar-refractivity contribution in [3.05, 3.63) is 12.2 Å². The molecular weight excluding hydrogens is 542 g/mol. The minimum atomic E-state index is -1.02. The molecule has 0 rings (SSSR count). The maximum atomic E-state index is 11.0. The van der Waals surface area contributed by atoms with Gasteiger partial charge in [0.1, 0.15) is 0 Å². The third-order valence-corrected chi connectivity index (χ3v) is 8.70. The maximum Gasteiger partial charge on any atom is 0.303 e. The van der Waals surface area contributed by atoms with Crippen LogP contribution in [0.15, 0.2) is 12.2 Å². The Morgan fingerprint density at radius 1 is 0.488 bits per heavy atom. The lowest BCUT2D eigenvalue weighted by atomic mass is 10.0. The lowest BCUT2D eigenvalue weighted by Gasteiger charge is -2.39. The van der Waals surface area contributed by atoms with E-state index in [1.807, 2.05) is 0 Å². The van der Waals surface area contributed by atoms with Crippen LogP contribution in [0.4, 0.5) is 0 Å². The van der Waals surface area contributed by atoms with Crippen molar-refractivity contribution in [2.24, 2.45) is 0 Å². The molecule has 252 valence electrons. The Labute approximate surface area is 264 Å². The number of nitrogens with zero attached hydrogens (tertiary/aromatic N) is 1. The van der Waals surface area contributed by atoms with E-state index in [-0.39, 0.29) is 19.3 Å². The van der Waals surface area contributed by atoms with Crippen LogP contribution in [0, 0.1) is 0 Å². The third kappa shape index (κ3) is 29.9. The molecule has 0 spiro atoms. The topological polar surface area (TPSA) is 115 Å². The van der Waals surface area contributed by atoms with Crippen LogP contribution in [0.2, 0.25) is 0 Å². The lowest BCUT2D eigenvalue weighted by molar-refractivity contribution is -0.929. The molecule has 0 aliphatic carbocycles. The zero-order chi connectivity index (χ0) is 31.9. The van der Waals surface area contributed by atoms with Gasteiger partial charge in [0.2, 0.25) is 0 Å². The summed E-state index contributed by atoms with van der Waals surface area (Å²) in [6.07, 6.45) is 31.4. The van der Waals surface area contributed by atoms with E-state index in [1.165, 1.54) is 103 Å². The average molecular weight is 610 g/mol. The van der Waals surface area contributed by atoms with E-state index in [0.717, 1.165) is 56.3 Å². The minimum Gasteiger partial charge on any atom is -0.550 e. The Morgan fingerprint density at radius 2 is 0.814 bits per heavy atom. The van der Waals surface area contributed by atoms with Crippen LogP contribution in [0.3, 0.4) is 0 Å². The van der Waals surface area contributed by atoms with Crippen molar-refractivity contribution in [1.82, 2.24) is 0 Å². The van der Waals surface area contributed by atoms with Gasteiger partial charge in [-0.15, -0.1) is 0 Å². The molecule has 0 amide bonds. The zero-order valence-electron chi connectivity index (χ0n) is 27.8. The predicted octanol–water partition coefficient (Wildman–Crippen LogP) is 8.44. The second-order valence-electron chi connectivity index (χ2n) is 12.8. The summed E-state index contributed by atoms with van der Waals surface area (Å²) in [6, 6.07) is 0. The normalized spacial score (nSPS) is 11.8. The molecule has 0 unspecified atom stereocenters. The van der Waals surface area contributed by atoms with Crippen molar-refractivity contribution >= 4 is 17.9 Å². The highest BCUT2D eigenvalue weighted by molar-refractivity contribution is 5.66. The fourth-order valence-electron chi connectivity index (χ4n) is 6.06. The van der Waals surface area contributed by atoms with Gasteiger partial charge in [-0.1, -0.05) is 89.7 Å². The van der Waals surface area contributed by atoms with Gasteiger partial charge in [0.15, 0.2) is 0 Å². The first-order valence-corrected chi connectivity index (χ1v) is 17.9. The SMILES string of the molecule is CCCCCCCCC/C=C/CCCCCCCCCC[N+](CCCCC(=O)[O-])(CCCCC(=O)O)CCCCC(=O)O. The second-order valence-corrected chi connectivity index (χ2v) is 12.8. The molecule has 0 heterocycles. The molecule has 0 radical (unpaired) electrons. The summed E-state index contributed by atoms with van der Waals surface area (Å²) in [5.74, 6) is -2.57. The molecule has 7 heteroatoms. The number of quaternary nitrogens is 1. The van der Waals surface area contributed by atoms with Crippen molar-refractivity contribution in [3.8, 4) is 0 Å². The number of hydrogen-bond acceptors (Lipinski definition) is 4. The third-order valence-electron chi connectivity index (χ3n) is 8.70. The molecule has 0 aromatic heterocycles. The molecule has 0 saturated carbocycles. The molecule has 43 heavy (non-hydrogen) atoms. The fraction of sp³-hybridized carbons (Fsp3) is 0.861. The van der Waals surface area contributed by atoms with Gasteiger partial charge in [0.05, 0.1) is 26.2 Å². The maximum absolute atomic E-state index is 11.0. The Balaban J connectivity index is 4.31. The highest BCUT2D eigenvalue weighted by Crippen LogP contribution is 2.20. The number of carboxylic acid groups (broad SMARTS) is 3. The van der Waals surface area contributed by atoms with Crippen LogP contribution in [0.25, 0.3) is 0 Å². The van der Waals surface area contributed by atoms with E-state index < -0.39 is 17.9 Å². The van der Waals surface area contributed by atoms with Crippen LogP contribution in [0.1, 0.15) is 174 Å². The number of carbonyl (C=O) groups is 3. The number of unbranched alkanes of at least 4 members (excludes halogenated alkanes) is 18. The van der Waals surface area contributed by atoms with Crippen molar-refractivity contribution in [2.45, 2.75) is 174 Å². The first-order chi connectivity index (χ1) is 20.8. The van der Waals surface area contributed by atoms with Crippen LogP contribution in [0.5, 0.6) is 0 Å². The van der Waals surface area contributed by atoms with Crippen molar-refractivity contribution in [1.29, 1.82) is 0 Å². The van der Waals surface area contributed by atoms with Gasteiger partial charge < -0.3 is 24.6 Å². The van der Waals surface area contributed by atoms with Crippen LogP contribution >= 0.6 is 0 Å². The van der Waals surface area contributed by atoms with Gasteiger partial charge in [-0.05, 0) is 83.5 Å². The van der Waals surface area contributed by atoms with Crippen molar-refractivity contribution < 1.29 is 34.2 Å². The van der Waals surface area contributed by atoms with E-state index in [1.54, 1.807) is 0 Å². The molecule has 0 aromatic rings. The van der Waals surface area contributed by atoms with Crippen LogP contribution in [-0.4, -0.2) is 58.8 Å². The molecule has 0 saturated heterocycles. The van der Waals surface area contributed by atoms with Gasteiger partial charge >= 0.3 is 11.9 Å². The van der Waals surface area contributed by atoms with Crippen LogP contribution < -0.4 is 5.11 Å². The lowest BCUT2D eigenvalue weighted by Crippen LogP contribution is -2.51. The van der Waals surface area contributed by atoms with Gasteiger partial charge in [-0.25, -0.2) is 0 Å². The second kappa shape index (κ2) is 30.1. The predicted molar refractivity (Wildman–Crippen MR) is 175 cm³/mol. The van der Waals surface area contributed by atoms with Gasteiger partial charge in [-0.3, -0.25) is 9.59 Å². The first kappa shape index (κ1) is 41.1. The highest BCUT2D eigenvalue weighted by Gasteiger charge is 2.26. The van der Waals surface area contributed by atoms with Gasteiger partial charge in [0, 0.05) is 18.8 Å². The smallest absolute Gasteiger partial charge is 0.303 e. The number of allylic oxidation sites excluding steroid dienone is 2. The average Bonchev–Trinajstić information content (AvgIpc) is 2.96. The van der Waals surface area contributed by atoms with E-state index in [2.05, 4.69) is 19.1 Å². The molecule has 2 N–H and O–H groups in total.